The van der Waals surface area contributed by atoms with Gasteiger partial charge >= 0.3 is 0 Å². The van der Waals surface area contributed by atoms with Gasteiger partial charge in [0.05, 0.1) is 0 Å². The average Bonchev–Trinajstić information content (AvgIpc) is 2.71. The molecule has 2 rings (SSSR count). The molecule has 1 aliphatic rings. The second-order valence-corrected chi connectivity index (χ2v) is 7.42. The highest BCUT2D eigenvalue weighted by atomic mass is 15.2. The Labute approximate surface area is 118 Å². The first-order chi connectivity index (χ1) is 8.82. The Balaban J connectivity index is 1.98. The van der Waals surface area contributed by atoms with Gasteiger partial charge in [0.2, 0.25) is 0 Å². The van der Waals surface area contributed by atoms with Crippen molar-refractivity contribution in [2.45, 2.75) is 46.1 Å². The summed E-state index contributed by atoms with van der Waals surface area (Å²) in [4.78, 5) is 2.53. The molecule has 1 atom stereocenters. The number of hydrogen-bond acceptors (Lipinski definition) is 2. The maximum absolute atomic E-state index is 5.86. The molecular formula is C17H28N2. The first kappa shape index (κ1) is 14.5. The zero-order valence-corrected chi connectivity index (χ0v) is 12.9. The predicted molar refractivity (Wildman–Crippen MR) is 82.2 cm³/mol. The molecule has 0 radical (unpaired) electrons. The van der Waals surface area contributed by atoms with Gasteiger partial charge in [0.1, 0.15) is 0 Å². The highest BCUT2D eigenvalue weighted by Crippen LogP contribution is 2.30. The van der Waals surface area contributed by atoms with Crippen LogP contribution in [0.1, 0.15) is 45.2 Å². The molecule has 0 bridgehead atoms. The van der Waals surface area contributed by atoms with E-state index in [0.717, 1.165) is 19.6 Å². The van der Waals surface area contributed by atoms with Crippen LogP contribution < -0.4 is 5.73 Å². The molecule has 2 nitrogen and oxygen atoms in total. The van der Waals surface area contributed by atoms with Crippen LogP contribution in [0.25, 0.3) is 0 Å². The molecule has 0 aliphatic carbocycles. The minimum absolute atomic E-state index is 0.240. The highest BCUT2D eigenvalue weighted by Gasteiger charge is 2.32. The van der Waals surface area contributed by atoms with E-state index in [2.05, 4.69) is 56.9 Å². The van der Waals surface area contributed by atoms with Crippen molar-refractivity contribution in [3.8, 4) is 0 Å². The van der Waals surface area contributed by atoms with Gasteiger partial charge in [-0.15, -0.1) is 0 Å². The molecule has 1 saturated heterocycles. The molecule has 19 heavy (non-hydrogen) atoms. The van der Waals surface area contributed by atoms with Gasteiger partial charge in [-0.3, -0.25) is 4.90 Å². The fourth-order valence-electron chi connectivity index (χ4n) is 2.80. The summed E-state index contributed by atoms with van der Waals surface area (Å²) in [6.45, 7) is 13.2. The molecular weight excluding hydrogens is 232 g/mol. The maximum Gasteiger partial charge on any atom is 0.0233 e. The highest BCUT2D eigenvalue weighted by molar-refractivity contribution is 5.27. The van der Waals surface area contributed by atoms with Crippen LogP contribution in [0.3, 0.4) is 0 Å². The lowest BCUT2D eigenvalue weighted by molar-refractivity contribution is 0.274. The van der Waals surface area contributed by atoms with E-state index in [1.807, 2.05) is 0 Å². The van der Waals surface area contributed by atoms with E-state index in [9.17, 15) is 0 Å². The van der Waals surface area contributed by atoms with Crippen LogP contribution in [0, 0.1) is 5.41 Å². The normalized spacial score (nSPS) is 24.9. The summed E-state index contributed by atoms with van der Waals surface area (Å²) in [5.41, 5.74) is 9.25. The van der Waals surface area contributed by atoms with Crippen molar-refractivity contribution in [1.29, 1.82) is 0 Å². The molecule has 2 heteroatoms. The third-order valence-corrected chi connectivity index (χ3v) is 4.36. The minimum Gasteiger partial charge on any atom is -0.330 e. The van der Waals surface area contributed by atoms with E-state index in [1.54, 1.807) is 0 Å². The summed E-state index contributed by atoms with van der Waals surface area (Å²) in [5, 5.41) is 0. The molecule has 1 aromatic rings. The van der Waals surface area contributed by atoms with Crippen molar-refractivity contribution < 1.29 is 0 Å². The van der Waals surface area contributed by atoms with Crippen molar-refractivity contribution in [2.24, 2.45) is 11.1 Å². The number of benzene rings is 1. The van der Waals surface area contributed by atoms with Crippen LogP contribution >= 0.6 is 0 Å². The Bertz CT molecular complexity index is 416. The summed E-state index contributed by atoms with van der Waals surface area (Å²) in [7, 11) is 0. The summed E-state index contributed by atoms with van der Waals surface area (Å²) in [6, 6.07) is 9.10. The lowest BCUT2D eigenvalue weighted by Gasteiger charge is -2.23. The fraction of sp³-hybridized carbons (Fsp3) is 0.647. The summed E-state index contributed by atoms with van der Waals surface area (Å²) in [6.07, 6.45) is 1.23. The first-order valence-electron chi connectivity index (χ1n) is 7.34. The Morgan fingerprint density at radius 1 is 1.21 bits per heavy atom. The van der Waals surface area contributed by atoms with Gasteiger partial charge in [-0.1, -0.05) is 52.0 Å². The topological polar surface area (TPSA) is 29.3 Å². The second kappa shape index (κ2) is 5.26. The van der Waals surface area contributed by atoms with E-state index in [0.29, 0.717) is 5.41 Å². The van der Waals surface area contributed by atoms with Crippen LogP contribution in [0.5, 0.6) is 0 Å². The number of hydrogen-bond donors (Lipinski definition) is 1. The van der Waals surface area contributed by atoms with Crippen LogP contribution in [0.2, 0.25) is 0 Å². The molecule has 1 heterocycles. The van der Waals surface area contributed by atoms with Gasteiger partial charge in [-0.25, -0.2) is 0 Å². The Kier molecular flexibility index (Phi) is 4.03. The molecule has 0 amide bonds. The van der Waals surface area contributed by atoms with Crippen LogP contribution in [0.4, 0.5) is 0 Å². The predicted octanol–water partition coefficient (Wildman–Crippen LogP) is 3.15. The van der Waals surface area contributed by atoms with E-state index in [-0.39, 0.29) is 5.41 Å². The van der Waals surface area contributed by atoms with Gasteiger partial charge in [-0.05, 0) is 41.5 Å². The first-order valence-corrected chi connectivity index (χ1v) is 7.34. The SMILES string of the molecule is CC1(CN)CCN(Cc2ccc(C(C)(C)C)cc2)C1. The number of nitrogens with zero attached hydrogens (tertiary/aromatic N) is 1. The molecule has 2 N–H and O–H groups in total. The zero-order chi connectivity index (χ0) is 14.1. The standard InChI is InChI=1S/C17H28N2/c1-16(2,3)15-7-5-14(6-8-15)11-19-10-9-17(4,12-18)13-19/h5-8H,9-13,18H2,1-4H3. The van der Waals surface area contributed by atoms with Crippen molar-refractivity contribution in [3.63, 3.8) is 0 Å². The summed E-state index contributed by atoms with van der Waals surface area (Å²) < 4.78 is 0. The summed E-state index contributed by atoms with van der Waals surface area (Å²) >= 11 is 0. The maximum atomic E-state index is 5.86. The van der Waals surface area contributed by atoms with Gasteiger partial charge in [0.25, 0.3) is 0 Å². The number of likely N-dealkylation sites (tertiary alicyclic amines) is 1. The van der Waals surface area contributed by atoms with Crippen molar-refractivity contribution in [1.82, 2.24) is 4.90 Å². The average molecular weight is 260 g/mol. The molecule has 1 unspecified atom stereocenters. The molecule has 106 valence electrons. The third-order valence-electron chi connectivity index (χ3n) is 4.36. The molecule has 1 aliphatic heterocycles. The Morgan fingerprint density at radius 3 is 2.32 bits per heavy atom. The van der Waals surface area contributed by atoms with E-state index in [4.69, 9.17) is 5.73 Å². The van der Waals surface area contributed by atoms with Crippen LogP contribution in [-0.4, -0.2) is 24.5 Å². The molecule has 1 fully saturated rings. The lowest BCUT2D eigenvalue weighted by atomic mass is 9.87. The van der Waals surface area contributed by atoms with Gasteiger partial charge in [0.15, 0.2) is 0 Å². The van der Waals surface area contributed by atoms with Crippen molar-refractivity contribution in [2.75, 3.05) is 19.6 Å². The smallest absolute Gasteiger partial charge is 0.0233 e. The second-order valence-electron chi connectivity index (χ2n) is 7.42. The Morgan fingerprint density at radius 2 is 1.84 bits per heavy atom. The monoisotopic (exact) mass is 260 g/mol. The molecule has 1 aromatic carbocycles. The van der Waals surface area contributed by atoms with E-state index >= 15 is 0 Å². The van der Waals surface area contributed by atoms with Crippen LogP contribution in [0.15, 0.2) is 24.3 Å². The zero-order valence-electron chi connectivity index (χ0n) is 12.9. The fourth-order valence-corrected chi connectivity index (χ4v) is 2.80. The number of rotatable bonds is 3. The minimum atomic E-state index is 0.240. The van der Waals surface area contributed by atoms with Crippen molar-refractivity contribution >= 4 is 0 Å². The largest absolute Gasteiger partial charge is 0.330 e. The van der Waals surface area contributed by atoms with Crippen molar-refractivity contribution in [3.05, 3.63) is 35.4 Å². The third kappa shape index (κ3) is 3.58. The quantitative estimate of drug-likeness (QED) is 0.904. The van der Waals surface area contributed by atoms with E-state index in [1.165, 1.54) is 24.1 Å². The van der Waals surface area contributed by atoms with Gasteiger partial charge in [-0.2, -0.15) is 0 Å². The number of nitrogens with two attached hydrogens (primary N) is 1. The van der Waals surface area contributed by atoms with Gasteiger partial charge in [0, 0.05) is 13.1 Å². The molecule has 0 saturated carbocycles. The lowest BCUT2D eigenvalue weighted by Crippen LogP contribution is -2.31. The van der Waals surface area contributed by atoms with Crippen LogP contribution in [-0.2, 0) is 12.0 Å². The van der Waals surface area contributed by atoms with E-state index < -0.39 is 0 Å². The Hall–Kier alpha value is -0.860. The molecule has 0 spiro atoms. The van der Waals surface area contributed by atoms with Gasteiger partial charge < -0.3 is 5.73 Å². The molecule has 0 aromatic heterocycles. The summed E-state index contributed by atoms with van der Waals surface area (Å²) in [5.74, 6) is 0.